The van der Waals surface area contributed by atoms with Crippen LogP contribution in [0.2, 0.25) is 0 Å². The molecule has 1 unspecified atom stereocenters. The number of aromatic nitrogens is 4. The summed E-state index contributed by atoms with van der Waals surface area (Å²) in [5, 5.41) is 34.9. The fourth-order valence-corrected chi connectivity index (χ4v) is 6.42. The predicted molar refractivity (Wildman–Crippen MR) is 176 cm³/mol. The van der Waals surface area contributed by atoms with Gasteiger partial charge in [0.05, 0.1) is 34.4 Å². The molecule has 2 fully saturated rings. The van der Waals surface area contributed by atoms with Crippen LogP contribution in [0.1, 0.15) is 67.8 Å². The van der Waals surface area contributed by atoms with Gasteiger partial charge in [-0.2, -0.15) is 13.2 Å². The first kappa shape index (κ1) is 38.4. The third-order valence-corrected chi connectivity index (χ3v) is 9.29. The Kier molecular flexibility index (Phi) is 12.3. The van der Waals surface area contributed by atoms with E-state index >= 15 is 0 Å². The van der Waals surface area contributed by atoms with E-state index in [1.165, 1.54) is 4.90 Å². The summed E-state index contributed by atoms with van der Waals surface area (Å²) in [6.07, 6.45) is -2.24. The van der Waals surface area contributed by atoms with Gasteiger partial charge in [-0.1, -0.05) is 50.3 Å². The summed E-state index contributed by atoms with van der Waals surface area (Å²) >= 11 is 1.58. The predicted octanol–water partition coefficient (Wildman–Crippen LogP) is 2.69. The lowest BCUT2D eigenvalue weighted by molar-refractivity contribution is -0.192. The molecule has 1 aromatic carbocycles. The van der Waals surface area contributed by atoms with Gasteiger partial charge >= 0.3 is 12.1 Å². The number of β-amino-alcohol motifs (C(OH)–C–C–N with tert-alkyl or cyclic N) is 1. The Bertz CT molecular complexity index is 1650. The number of rotatable bonds is 8. The molecular formula is C32H41F3N8O6S. The third-order valence-electron chi connectivity index (χ3n) is 8.31. The number of aliphatic carboxylic acids is 1. The van der Waals surface area contributed by atoms with Crippen LogP contribution >= 0.6 is 11.3 Å². The first-order chi connectivity index (χ1) is 23.5. The minimum atomic E-state index is -5.08. The number of carbonyl (C=O) groups excluding carboxylic acids is 3. The van der Waals surface area contributed by atoms with Crippen molar-refractivity contribution in [1.29, 1.82) is 0 Å². The molecule has 2 aliphatic rings. The van der Waals surface area contributed by atoms with Crippen molar-refractivity contribution in [1.82, 2.24) is 40.8 Å². The Morgan fingerprint density at radius 1 is 1.14 bits per heavy atom. The Hall–Kier alpha value is -4.42. The number of nitrogens with zero attached hydrogens (tertiary/aromatic N) is 5. The lowest BCUT2D eigenvalue weighted by atomic mass is 9.85. The van der Waals surface area contributed by atoms with Gasteiger partial charge in [0.15, 0.2) is 5.69 Å². The van der Waals surface area contributed by atoms with E-state index in [1.807, 2.05) is 57.5 Å². The molecule has 0 spiro atoms. The summed E-state index contributed by atoms with van der Waals surface area (Å²) in [6.45, 7) is 9.51. The summed E-state index contributed by atoms with van der Waals surface area (Å²) in [5.74, 6) is -4.05. The summed E-state index contributed by atoms with van der Waals surface area (Å²) in [7, 11) is 0. The van der Waals surface area contributed by atoms with Gasteiger partial charge in [-0.05, 0) is 42.9 Å². The van der Waals surface area contributed by atoms with Crippen molar-refractivity contribution in [2.75, 3.05) is 19.6 Å². The van der Waals surface area contributed by atoms with Gasteiger partial charge in [-0.3, -0.25) is 14.4 Å². The lowest BCUT2D eigenvalue weighted by Gasteiger charge is -2.35. The van der Waals surface area contributed by atoms with Crippen LogP contribution in [-0.2, 0) is 20.9 Å². The molecule has 14 nitrogen and oxygen atoms in total. The van der Waals surface area contributed by atoms with Crippen LogP contribution in [0.25, 0.3) is 10.4 Å². The second-order valence-corrected chi connectivity index (χ2v) is 14.1. The van der Waals surface area contributed by atoms with E-state index in [0.717, 1.165) is 47.6 Å². The number of amides is 3. The standard InChI is InChI=1S/C30H40N8O4S.C2HF3O2/c1-18-25(43-17-33-18)20-9-7-19(8-10-20)13-32-28(41)24-12-22(39)15-37(24)29(42)26(30(2,3)4)34-27(40)23-16-38(36-35-23)21-6-5-11-31-14-21;3-2(4,5)1(6)7/h7-10,16-17,21-22,24,26,31,39H,5-6,11-15H2,1-4H3,(H,32,41)(H,34,40);(H,6,7)/t21?,22-,24+,26+;/m1./s1. The molecular weight excluding hydrogens is 681 g/mol. The average molecular weight is 723 g/mol. The monoisotopic (exact) mass is 722 g/mol. The van der Waals surface area contributed by atoms with E-state index in [1.54, 1.807) is 22.2 Å². The van der Waals surface area contributed by atoms with Crippen LogP contribution in [0.4, 0.5) is 13.2 Å². The number of hydrogen-bond acceptors (Lipinski definition) is 10. The van der Waals surface area contributed by atoms with Gasteiger partial charge in [-0.25, -0.2) is 14.5 Å². The van der Waals surface area contributed by atoms with E-state index in [2.05, 4.69) is 31.2 Å². The molecule has 2 saturated heterocycles. The Labute approximate surface area is 290 Å². The number of aryl methyl sites for hydroxylation is 1. The topological polar surface area (TPSA) is 192 Å². The maximum Gasteiger partial charge on any atom is 0.490 e. The summed E-state index contributed by atoms with van der Waals surface area (Å²) in [6, 6.07) is 6.21. The smallest absolute Gasteiger partial charge is 0.475 e. The molecule has 3 aromatic rings. The number of hydrogen-bond donors (Lipinski definition) is 5. The quantitative estimate of drug-likeness (QED) is 0.231. The van der Waals surface area contributed by atoms with Crippen molar-refractivity contribution in [2.45, 2.75) is 83.9 Å². The molecule has 18 heteroatoms. The van der Waals surface area contributed by atoms with E-state index in [9.17, 15) is 32.7 Å². The van der Waals surface area contributed by atoms with E-state index in [4.69, 9.17) is 9.90 Å². The number of carboxylic acids is 1. The lowest BCUT2D eigenvalue weighted by Crippen LogP contribution is -2.57. The first-order valence-electron chi connectivity index (χ1n) is 15.9. The van der Waals surface area contributed by atoms with E-state index < -0.39 is 47.6 Å². The number of halogens is 3. The number of carbonyl (C=O) groups is 4. The molecule has 5 N–H and O–H groups in total. The molecule has 3 amide bonds. The Balaban J connectivity index is 0.000000727. The van der Waals surface area contributed by atoms with Crippen molar-refractivity contribution in [2.24, 2.45) is 5.41 Å². The number of piperidine rings is 1. The Morgan fingerprint density at radius 3 is 2.38 bits per heavy atom. The largest absolute Gasteiger partial charge is 0.490 e. The molecule has 0 aliphatic carbocycles. The number of thiazole rings is 1. The van der Waals surface area contributed by atoms with Crippen LogP contribution in [-0.4, -0.2) is 103 Å². The number of benzene rings is 1. The molecule has 272 valence electrons. The van der Waals surface area contributed by atoms with Crippen molar-refractivity contribution in [3.8, 4) is 10.4 Å². The summed E-state index contributed by atoms with van der Waals surface area (Å²) in [5.41, 5.74) is 4.21. The zero-order valence-electron chi connectivity index (χ0n) is 28.0. The highest BCUT2D eigenvalue weighted by Gasteiger charge is 2.44. The van der Waals surface area contributed by atoms with E-state index in [0.29, 0.717) is 0 Å². The molecule has 0 saturated carbocycles. The molecule has 2 aliphatic heterocycles. The number of likely N-dealkylation sites (tertiary alicyclic amines) is 1. The zero-order chi connectivity index (χ0) is 36.8. The highest BCUT2D eigenvalue weighted by atomic mass is 32.1. The molecule has 4 atom stereocenters. The number of alkyl halides is 3. The van der Waals surface area contributed by atoms with Gasteiger partial charge in [-0.15, -0.1) is 16.4 Å². The molecule has 5 rings (SSSR count). The van der Waals surface area contributed by atoms with Crippen LogP contribution in [0.5, 0.6) is 0 Å². The highest BCUT2D eigenvalue weighted by molar-refractivity contribution is 7.13. The zero-order valence-corrected chi connectivity index (χ0v) is 28.8. The third kappa shape index (κ3) is 9.85. The second kappa shape index (κ2) is 16.1. The Morgan fingerprint density at radius 2 is 1.82 bits per heavy atom. The fraction of sp³-hybridized carbons (Fsp3) is 0.531. The molecule has 50 heavy (non-hydrogen) atoms. The van der Waals surface area contributed by atoms with Gasteiger partial charge < -0.3 is 31.1 Å². The minimum absolute atomic E-state index is 0.00707. The van der Waals surface area contributed by atoms with Gasteiger partial charge in [0.1, 0.15) is 12.1 Å². The van der Waals surface area contributed by atoms with Crippen molar-refractivity contribution < 1.29 is 42.6 Å². The summed E-state index contributed by atoms with van der Waals surface area (Å²) < 4.78 is 33.4. The van der Waals surface area contributed by atoms with Crippen molar-refractivity contribution >= 4 is 35.0 Å². The fourth-order valence-electron chi connectivity index (χ4n) is 5.60. The van der Waals surface area contributed by atoms with Gasteiger partial charge in [0.2, 0.25) is 11.8 Å². The molecule has 0 radical (unpaired) electrons. The molecule has 4 heterocycles. The number of aliphatic hydroxyl groups excluding tert-OH is 1. The second-order valence-electron chi connectivity index (χ2n) is 13.2. The SMILES string of the molecule is Cc1ncsc1-c1ccc(CNC(=O)[C@@H]2C[C@@H](O)CN2C(=O)[C@H](NC(=O)c2cn(C3CCCNC3)nn2)C(C)(C)C)cc1.O=C(O)C(F)(F)F. The van der Waals surface area contributed by atoms with Crippen LogP contribution in [0, 0.1) is 12.3 Å². The van der Waals surface area contributed by atoms with E-state index in [-0.39, 0.29) is 37.2 Å². The minimum Gasteiger partial charge on any atom is -0.475 e. The highest BCUT2D eigenvalue weighted by Crippen LogP contribution is 2.28. The van der Waals surface area contributed by atoms with Gasteiger partial charge in [0, 0.05) is 26.1 Å². The van der Waals surface area contributed by atoms with Crippen LogP contribution in [0.15, 0.2) is 36.0 Å². The average Bonchev–Trinajstić information content (AvgIpc) is 3.82. The normalized spacial score (nSPS) is 20.0. The van der Waals surface area contributed by atoms with Crippen molar-refractivity contribution in [3.63, 3.8) is 0 Å². The van der Waals surface area contributed by atoms with Crippen LogP contribution in [0.3, 0.4) is 0 Å². The number of nitrogens with one attached hydrogen (secondary N) is 3. The maximum absolute atomic E-state index is 13.9. The van der Waals surface area contributed by atoms with Crippen LogP contribution < -0.4 is 16.0 Å². The first-order valence-corrected chi connectivity index (χ1v) is 16.8. The number of carboxylic acid groups (broad SMARTS) is 1. The molecule has 0 bridgehead atoms. The number of aliphatic hydroxyl groups is 1. The van der Waals surface area contributed by atoms with Crippen molar-refractivity contribution in [3.05, 3.63) is 52.9 Å². The maximum atomic E-state index is 13.9. The summed E-state index contributed by atoms with van der Waals surface area (Å²) in [4.78, 5) is 56.1. The molecule has 2 aromatic heterocycles. The van der Waals surface area contributed by atoms with Gasteiger partial charge in [0.25, 0.3) is 5.91 Å².